The van der Waals surface area contributed by atoms with Gasteiger partial charge >= 0.3 is 5.63 Å². The minimum atomic E-state index is -0.340. The third kappa shape index (κ3) is 3.06. The van der Waals surface area contributed by atoms with Crippen molar-refractivity contribution in [3.8, 4) is 0 Å². The van der Waals surface area contributed by atoms with Crippen molar-refractivity contribution < 1.29 is 9.15 Å². The van der Waals surface area contributed by atoms with Crippen molar-refractivity contribution in [1.29, 1.82) is 0 Å². The maximum Gasteiger partial charge on any atom is 0.336 e. The summed E-state index contributed by atoms with van der Waals surface area (Å²) < 4.78 is 10.5. The van der Waals surface area contributed by atoms with Crippen LogP contribution in [0.3, 0.4) is 0 Å². The average Bonchev–Trinajstić information content (AvgIpc) is 2.47. The lowest BCUT2D eigenvalue weighted by molar-refractivity contribution is 0.0690. The molecule has 2 heterocycles. The smallest absolute Gasteiger partial charge is 0.336 e. The van der Waals surface area contributed by atoms with Gasteiger partial charge in [0, 0.05) is 36.3 Å². The monoisotopic (exact) mass is 304 g/mol. The van der Waals surface area contributed by atoms with Gasteiger partial charge in [0.05, 0.1) is 13.2 Å². The van der Waals surface area contributed by atoms with Gasteiger partial charge in [-0.15, -0.1) is 0 Å². The van der Waals surface area contributed by atoms with Crippen molar-refractivity contribution in [3.63, 3.8) is 0 Å². The summed E-state index contributed by atoms with van der Waals surface area (Å²) in [5.74, 6) is 0. The molecule has 0 unspecified atom stereocenters. The lowest BCUT2D eigenvalue weighted by atomic mass is 10.1. The van der Waals surface area contributed by atoms with Crippen molar-refractivity contribution in [1.82, 2.24) is 4.90 Å². The molecule has 110 valence electrons. The molecule has 1 N–H and O–H groups in total. The third-order valence-electron chi connectivity index (χ3n) is 3.50. The number of anilines is 1. The highest BCUT2D eigenvalue weighted by Crippen LogP contribution is 2.21. The van der Waals surface area contributed by atoms with Gasteiger partial charge in [0.25, 0.3) is 0 Å². The van der Waals surface area contributed by atoms with Crippen molar-refractivity contribution in [2.24, 2.45) is 0 Å². The largest absolute Gasteiger partial charge is 0.423 e. The third-order valence-corrected chi connectivity index (χ3v) is 3.86. The summed E-state index contributed by atoms with van der Waals surface area (Å²) in [4.78, 5) is 13.5. The number of nitrogens with zero attached hydrogens (tertiary/aromatic N) is 1. The summed E-state index contributed by atoms with van der Waals surface area (Å²) in [5, 5.41) is 4.77. The Kier molecular flexibility index (Phi) is 3.90. The van der Waals surface area contributed by atoms with Crippen LogP contribution >= 0.6 is 12.2 Å². The van der Waals surface area contributed by atoms with Crippen LogP contribution in [0.25, 0.3) is 11.0 Å². The van der Waals surface area contributed by atoms with E-state index >= 15 is 0 Å². The maximum absolute atomic E-state index is 11.5. The zero-order valence-corrected chi connectivity index (χ0v) is 12.5. The van der Waals surface area contributed by atoms with Gasteiger partial charge < -0.3 is 19.4 Å². The Hall–Kier alpha value is -1.92. The average molecular weight is 304 g/mol. The van der Waals surface area contributed by atoms with Gasteiger partial charge in [0.1, 0.15) is 5.58 Å². The summed E-state index contributed by atoms with van der Waals surface area (Å²) in [7, 11) is 0. The minimum absolute atomic E-state index is 0.340. The Bertz CT molecular complexity index is 735. The van der Waals surface area contributed by atoms with Crippen LogP contribution in [0.15, 0.2) is 33.5 Å². The van der Waals surface area contributed by atoms with Gasteiger partial charge in [0.15, 0.2) is 5.11 Å². The van der Waals surface area contributed by atoms with Crippen molar-refractivity contribution in [3.05, 3.63) is 40.2 Å². The lowest BCUT2D eigenvalue weighted by Gasteiger charge is -2.29. The standard InChI is InChI=1S/C15H16N2O3S/c1-10-8-14(18)20-13-9-11(2-3-12(10)13)16-15(21)17-4-6-19-7-5-17/h2-3,8-9H,4-7H2,1H3,(H,16,21). The first-order valence-electron chi connectivity index (χ1n) is 6.82. The Balaban J connectivity index is 1.84. The molecule has 1 saturated heterocycles. The zero-order valence-electron chi connectivity index (χ0n) is 11.7. The summed E-state index contributed by atoms with van der Waals surface area (Å²) in [6.45, 7) is 4.84. The van der Waals surface area contributed by atoms with E-state index in [0.29, 0.717) is 23.9 Å². The van der Waals surface area contributed by atoms with Crippen molar-refractivity contribution in [2.75, 3.05) is 31.6 Å². The molecule has 0 bridgehead atoms. The predicted molar refractivity (Wildman–Crippen MR) is 85.8 cm³/mol. The number of morpholine rings is 1. The summed E-state index contributed by atoms with van der Waals surface area (Å²) in [5.41, 5.74) is 1.94. The molecule has 5 nitrogen and oxygen atoms in total. The minimum Gasteiger partial charge on any atom is -0.423 e. The Morgan fingerprint density at radius 2 is 2.05 bits per heavy atom. The molecule has 1 aromatic heterocycles. The fraction of sp³-hybridized carbons (Fsp3) is 0.333. The second-order valence-electron chi connectivity index (χ2n) is 4.99. The molecule has 1 aromatic carbocycles. The van der Waals surface area contributed by atoms with E-state index in [1.807, 2.05) is 19.1 Å². The van der Waals surface area contributed by atoms with E-state index in [9.17, 15) is 4.79 Å². The molecule has 3 rings (SSSR count). The molecular formula is C15H16N2O3S. The first kappa shape index (κ1) is 14.0. The number of fused-ring (bicyclic) bond motifs is 1. The fourth-order valence-electron chi connectivity index (χ4n) is 2.37. The van der Waals surface area contributed by atoms with Crippen LogP contribution in [-0.4, -0.2) is 36.3 Å². The SMILES string of the molecule is Cc1cc(=O)oc2cc(NC(=S)N3CCOCC3)ccc12. The molecule has 0 spiro atoms. The molecule has 0 atom stereocenters. The molecule has 1 fully saturated rings. The Labute approximate surface area is 127 Å². The number of ether oxygens (including phenoxy) is 1. The van der Waals surface area contributed by atoms with Gasteiger partial charge in [-0.25, -0.2) is 4.79 Å². The second kappa shape index (κ2) is 5.83. The molecular weight excluding hydrogens is 288 g/mol. The molecule has 0 radical (unpaired) electrons. The Morgan fingerprint density at radius 3 is 2.81 bits per heavy atom. The van der Waals surface area contributed by atoms with E-state index in [1.54, 1.807) is 6.07 Å². The van der Waals surface area contributed by atoms with E-state index in [1.165, 1.54) is 6.07 Å². The molecule has 2 aromatic rings. The van der Waals surface area contributed by atoms with Crippen LogP contribution < -0.4 is 10.9 Å². The molecule has 6 heteroatoms. The number of hydrogen-bond donors (Lipinski definition) is 1. The fourth-order valence-corrected chi connectivity index (χ4v) is 2.67. The maximum atomic E-state index is 11.5. The highest BCUT2D eigenvalue weighted by molar-refractivity contribution is 7.80. The molecule has 0 amide bonds. The van der Waals surface area contributed by atoms with Gasteiger partial charge in [-0.05, 0) is 36.8 Å². The van der Waals surface area contributed by atoms with E-state index in [0.717, 1.165) is 29.7 Å². The van der Waals surface area contributed by atoms with Crippen LogP contribution in [0.4, 0.5) is 5.69 Å². The zero-order chi connectivity index (χ0) is 14.8. The van der Waals surface area contributed by atoms with Gasteiger partial charge in [0.2, 0.25) is 0 Å². The molecule has 21 heavy (non-hydrogen) atoms. The second-order valence-corrected chi connectivity index (χ2v) is 5.38. The summed E-state index contributed by atoms with van der Waals surface area (Å²) in [6.07, 6.45) is 0. The van der Waals surface area contributed by atoms with Crippen LogP contribution in [0.5, 0.6) is 0 Å². The summed E-state index contributed by atoms with van der Waals surface area (Å²) >= 11 is 5.40. The van der Waals surface area contributed by atoms with Crippen LogP contribution in [0, 0.1) is 6.92 Å². The number of thiocarbonyl (C=S) groups is 1. The first-order valence-corrected chi connectivity index (χ1v) is 7.22. The van der Waals surface area contributed by atoms with Gasteiger partial charge in [-0.1, -0.05) is 0 Å². The van der Waals surface area contributed by atoms with Crippen molar-refractivity contribution in [2.45, 2.75) is 6.92 Å². The predicted octanol–water partition coefficient (Wildman–Crippen LogP) is 2.13. The van der Waals surface area contributed by atoms with Gasteiger partial charge in [-0.2, -0.15) is 0 Å². The Morgan fingerprint density at radius 1 is 1.29 bits per heavy atom. The quantitative estimate of drug-likeness (QED) is 0.643. The number of nitrogens with one attached hydrogen (secondary N) is 1. The van der Waals surface area contributed by atoms with E-state index in [4.69, 9.17) is 21.4 Å². The number of benzene rings is 1. The highest BCUT2D eigenvalue weighted by atomic mass is 32.1. The number of hydrogen-bond acceptors (Lipinski definition) is 4. The molecule has 0 aliphatic carbocycles. The van der Waals surface area contributed by atoms with E-state index in [2.05, 4.69) is 10.2 Å². The molecule has 0 saturated carbocycles. The van der Waals surface area contributed by atoms with Crippen LogP contribution in [0.2, 0.25) is 0 Å². The first-order chi connectivity index (χ1) is 10.1. The summed E-state index contributed by atoms with van der Waals surface area (Å²) in [6, 6.07) is 7.16. The molecule has 1 aliphatic heterocycles. The van der Waals surface area contributed by atoms with Crippen molar-refractivity contribution >= 4 is 34.0 Å². The lowest BCUT2D eigenvalue weighted by Crippen LogP contribution is -2.42. The molecule has 1 aliphatic rings. The topological polar surface area (TPSA) is 54.7 Å². The van der Waals surface area contributed by atoms with Gasteiger partial charge in [-0.3, -0.25) is 0 Å². The normalized spacial score (nSPS) is 15.2. The number of aryl methyl sites for hydroxylation is 1. The van der Waals surface area contributed by atoms with E-state index < -0.39 is 0 Å². The number of rotatable bonds is 1. The highest BCUT2D eigenvalue weighted by Gasteiger charge is 2.14. The van der Waals surface area contributed by atoms with Crippen LogP contribution in [-0.2, 0) is 4.74 Å². The van der Waals surface area contributed by atoms with E-state index in [-0.39, 0.29) is 5.63 Å². The van der Waals surface area contributed by atoms with Crippen LogP contribution in [0.1, 0.15) is 5.56 Å².